The van der Waals surface area contributed by atoms with Crippen LogP contribution >= 0.6 is 12.8 Å². The second kappa shape index (κ2) is 5.26. The SMILES string of the molecule is CN(C)CCCN(S)C(N)=O. The van der Waals surface area contributed by atoms with E-state index >= 15 is 0 Å². The molecule has 0 spiro atoms. The number of urea groups is 1. The largest absolute Gasteiger partial charge is 0.351 e. The molecule has 0 aromatic rings. The highest BCUT2D eigenvalue weighted by Gasteiger charge is 2.02. The van der Waals surface area contributed by atoms with Crippen LogP contribution in [0.15, 0.2) is 0 Å². The number of hydrogen-bond donors (Lipinski definition) is 2. The van der Waals surface area contributed by atoms with Crippen molar-refractivity contribution in [1.82, 2.24) is 9.21 Å². The molecule has 66 valence electrons. The third kappa shape index (κ3) is 6.00. The fourth-order valence-corrected chi connectivity index (χ4v) is 0.788. The summed E-state index contributed by atoms with van der Waals surface area (Å²) in [6, 6.07) is -0.493. The van der Waals surface area contributed by atoms with Crippen molar-refractivity contribution in [2.75, 3.05) is 27.2 Å². The number of rotatable bonds is 4. The zero-order valence-electron chi connectivity index (χ0n) is 6.95. The topological polar surface area (TPSA) is 49.6 Å². The quantitative estimate of drug-likeness (QED) is 0.601. The standard InChI is InChI=1S/C6H15N3OS/c1-8(2)4-3-5-9(11)6(7)10/h11H,3-5H2,1-2H3,(H2,7,10). The van der Waals surface area contributed by atoms with Crippen molar-refractivity contribution in [1.29, 1.82) is 0 Å². The fourth-order valence-electron chi connectivity index (χ4n) is 0.647. The van der Waals surface area contributed by atoms with Crippen LogP contribution in [0, 0.1) is 0 Å². The van der Waals surface area contributed by atoms with Gasteiger partial charge in [-0.1, -0.05) is 12.8 Å². The monoisotopic (exact) mass is 177 g/mol. The molecule has 0 radical (unpaired) electrons. The minimum Gasteiger partial charge on any atom is -0.351 e. The lowest BCUT2D eigenvalue weighted by molar-refractivity contribution is 0.234. The van der Waals surface area contributed by atoms with Crippen LogP contribution in [0.1, 0.15) is 6.42 Å². The lowest BCUT2D eigenvalue weighted by Gasteiger charge is -2.14. The number of carbonyl (C=O) groups excluding carboxylic acids is 1. The first kappa shape index (κ1) is 10.6. The average Bonchev–Trinajstić information content (AvgIpc) is 1.86. The second-order valence-electron chi connectivity index (χ2n) is 2.62. The molecule has 2 N–H and O–H groups in total. The Hall–Kier alpha value is -0.420. The van der Waals surface area contributed by atoms with E-state index in [1.54, 1.807) is 0 Å². The van der Waals surface area contributed by atoms with Crippen LogP contribution in [0.3, 0.4) is 0 Å². The summed E-state index contributed by atoms with van der Waals surface area (Å²) in [6.07, 6.45) is 0.888. The van der Waals surface area contributed by atoms with Gasteiger partial charge in [-0.2, -0.15) is 0 Å². The van der Waals surface area contributed by atoms with Crippen LogP contribution in [0.25, 0.3) is 0 Å². The molecule has 0 heterocycles. The third-order valence-electron chi connectivity index (χ3n) is 1.23. The number of primary amides is 1. The van der Waals surface area contributed by atoms with Crippen LogP contribution in [0.5, 0.6) is 0 Å². The molecule has 0 aromatic heterocycles. The smallest absolute Gasteiger partial charge is 0.324 e. The molecule has 5 heteroatoms. The molecule has 0 aromatic carbocycles. The van der Waals surface area contributed by atoms with E-state index < -0.39 is 6.03 Å². The van der Waals surface area contributed by atoms with E-state index in [4.69, 9.17) is 5.73 Å². The van der Waals surface area contributed by atoms with Crippen LogP contribution < -0.4 is 5.73 Å². The van der Waals surface area contributed by atoms with Crippen molar-refractivity contribution in [3.05, 3.63) is 0 Å². The van der Waals surface area contributed by atoms with Gasteiger partial charge >= 0.3 is 6.03 Å². The van der Waals surface area contributed by atoms with Gasteiger partial charge in [-0.05, 0) is 27.1 Å². The highest BCUT2D eigenvalue weighted by Crippen LogP contribution is 1.94. The van der Waals surface area contributed by atoms with Gasteiger partial charge in [0.25, 0.3) is 0 Å². The third-order valence-corrected chi connectivity index (χ3v) is 1.63. The molecule has 0 rings (SSSR count). The lowest BCUT2D eigenvalue weighted by Crippen LogP contribution is -2.30. The number of nitrogens with two attached hydrogens (primary N) is 1. The molecule has 0 aliphatic rings. The predicted molar refractivity (Wildman–Crippen MR) is 48.4 cm³/mol. The average molecular weight is 177 g/mol. The summed E-state index contributed by atoms with van der Waals surface area (Å²) in [7, 11) is 3.96. The maximum atomic E-state index is 10.4. The normalized spacial score (nSPS) is 10.2. The Morgan fingerprint density at radius 2 is 2.00 bits per heavy atom. The Balaban J connectivity index is 3.31. The van der Waals surface area contributed by atoms with E-state index in [2.05, 4.69) is 12.8 Å². The fraction of sp³-hybridized carbons (Fsp3) is 0.833. The highest BCUT2D eigenvalue weighted by atomic mass is 32.1. The molecular weight excluding hydrogens is 162 g/mol. The highest BCUT2D eigenvalue weighted by molar-refractivity contribution is 7.78. The van der Waals surface area contributed by atoms with Crippen LogP contribution in [0.2, 0.25) is 0 Å². The summed E-state index contributed by atoms with van der Waals surface area (Å²) in [6.45, 7) is 1.53. The van der Waals surface area contributed by atoms with Gasteiger partial charge in [0.2, 0.25) is 0 Å². The Morgan fingerprint density at radius 3 is 2.36 bits per heavy atom. The van der Waals surface area contributed by atoms with E-state index in [1.807, 2.05) is 19.0 Å². The predicted octanol–water partition coefficient (Wildman–Crippen LogP) is 0.164. The Labute approximate surface area is 72.9 Å². The van der Waals surface area contributed by atoms with E-state index in [-0.39, 0.29) is 0 Å². The van der Waals surface area contributed by atoms with Crippen molar-refractivity contribution in [2.24, 2.45) is 5.73 Å². The van der Waals surface area contributed by atoms with Gasteiger partial charge in [-0.25, -0.2) is 4.79 Å². The second-order valence-corrected chi connectivity index (χ2v) is 3.10. The van der Waals surface area contributed by atoms with Gasteiger partial charge in [0.05, 0.1) is 0 Å². The Kier molecular flexibility index (Phi) is 5.06. The molecule has 0 unspecified atom stereocenters. The minimum absolute atomic E-state index is 0.493. The zero-order valence-corrected chi connectivity index (χ0v) is 7.84. The van der Waals surface area contributed by atoms with E-state index in [0.717, 1.165) is 13.0 Å². The maximum absolute atomic E-state index is 10.4. The number of thiol groups is 1. The number of hydrogen-bond acceptors (Lipinski definition) is 3. The summed E-state index contributed by atoms with van der Waals surface area (Å²) in [5, 5.41) is 0. The molecule has 0 saturated heterocycles. The number of nitrogens with zero attached hydrogens (tertiary/aromatic N) is 2. The Morgan fingerprint density at radius 1 is 1.45 bits per heavy atom. The van der Waals surface area contributed by atoms with Crippen molar-refractivity contribution in [3.8, 4) is 0 Å². The van der Waals surface area contributed by atoms with Crippen molar-refractivity contribution in [2.45, 2.75) is 6.42 Å². The minimum atomic E-state index is -0.493. The van der Waals surface area contributed by atoms with Crippen molar-refractivity contribution < 1.29 is 4.79 Å². The van der Waals surface area contributed by atoms with Crippen molar-refractivity contribution >= 4 is 18.8 Å². The van der Waals surface area contributed by atoms with Gasteiger partial charge < -0.3 is 10.6 Å². The van der Waals surface area contributed by atoms with Gasteiger partial charge in [-0.15, -0.1) is 0 Å². The summed E-state index contributed by atoms with van der Waals surface area (Å²) >= 11 is 3.87. The van der Waals surface area contributed by atoms with E-state index in [1.165, 1.54) is 4.31 Å². The summed E-state index contributed by atoms with van der Waals surface area (Å²) < 4.78 is 1.21. The van der Waals surface area contributed by atoms with Gasteiger partial charge in [-0.3, -0.25) is 4.31 Å². The lowest BCUT2D eigenvalue weighted by atomic mass is 10.4. The molecule has 0 aliphatic carbocycles. The molecule has 0 fully saturated rings. The molecular formula is C6H15N3OS. The molecule has 11 heavy (non-hydrogen) atoms. The maximum Gasteiger partial charge on any atom is 0.324 e. The first-order chi connectivity index (χ1) is 5.04. The van der Waals surface area contributed by atoms with Crippen LogP contribution in [-0.4, -0.2) is 42.4 Å². The molecule has 4 nitrogen and oxygen atoms in total. The molecule has 0 bridgehead atoms. The molecule has 0 saturated carbocycles. The Bertz CT molecular complexity index is 129. The summed E-state index contributed by atoms with van der Waals surface area (Å²) in [5.41, 5.74) is 4.95. The molecule has 0 atom stereocenters. The summed E-state index contributed by atoms with van der Waals surface area (Å²) in [4.78, 5) is 12.5. The van der Waals surface area contributed by atoms with Crippen molar-refractivity contribution in [3.63, 3.8) is 0 Å². The summed E-state index contributed by atoms with van der Waals surface area (Å²) in [5.74, 6) is 0. The zero-order chi connectivity index (χ0) is 8.85. The van der Waals surface area contributed by atoms with E-state index in [9.17, 15) is 4.79 Å². The first-order valence-electron chi connectivity index (χ1n) is 3.44. The van der Waals surface area contributed by atoms with Gasteiger partial charge in [0.15, 0.2) is 0 Å². The molecule has 2 amide bonds. The first-order valence-corrected chi connectivity index (χ1v) is 3.84. The van der Waals surface area contributed by atoms with Gasteiger partial charge in [0.1, 0.15) is 0 Å². The number of amides is 2. The van der Waals surface area contributed by atoms with Crippen LogP contribution in [-0.2, 0) is 0 Å². The number of carbonyl (C=O) groups is 1. The van der Waals surface area contributed by atoms with Gasteiger partial charge in [0, 0.05) is 6.54 Å². The van der Waals surface area contributed by atoms with E-state index in [0.29, 0.717) is 6.54 Å². The van der Waals surface area contributed by atoms with Crippen LogP contribution in [0.4, 0.5) is 4.79 Å². The molecule has 0 aliphatic heterocycles.